The molecule has 4 nitrogen and oxygen atoms in total. The van der Waals surface area contributed by atoms with Crippen molar-refractivity contribution in [2.75, 3.05) is 4.72 Å². The summed E-state index contributed by atoms with van der Waals surface area (Å²) in [6.07, 6.45) is 0. The fraction of sp³-hybridized carbons (Fsp3) is 0.143. The van der Waals surface area contributed by atoms with E-state index in [2.05, 4.69) is 4.72 Å². The summed E-state index contributed by atoms with van der Waals surface area (Å²) >= 11 is 0. The zero-order chi connectivity index (χ0) is 14.9. The predicted molar refractivity (Wildman–Crippen MR) is 74.8 cm³/mol. The van der Waals surface area contributed by atoms with Gasteiger partial charge in [-0.05, 0) is 49.2 Å². The van der Waals surface area contributed by atoms with Gasteiger partial charge in [-0.2, -0.15) is 0 Å². The Morgan fingerprint density at radius 1 is 1.10 bits per heavy atom. The first-order valence-corrected chi connectivity index (χ1v) is 7.37. The molecule has 0 atom stereocenters. The lowest BCUT2D eigenvalue weighted by atomic mass is 10.1. The minimum absolute atomic E-state index is 0.0159. The smallest absolute Gasteiger partial charge is 0.262 e. The maximum atomic E-state index is 13.2. The molecule has 2 rings (SSSR count). The Morgan fingerprint density at radius 3 is 2.20 bits per heavy atom. The Kier molecular flexibility index (Phi) is 3.67. The van der Waals surface area contributed by atoms with E-state index < -0.39 is 15.8 Å². The highest BCUT2D eigenvalue weighted by molar-refractivity contribution is 7.92. The molecule has 2 aromatic rings. The standard InChI is InChI=1S/C14H14FNO3S/c1-9-7-11(15)8-10(2)14(9)20(18,19)16-12-5-3-4-6-13(12)17/h3-8,16-17H,1-2H3. The fourth-order valence-electron chi connectivity index (χ4n) is 2.08. The SMILES string of the molecule is Cc1cc(F)cc(C)c1S(=O)(=O)Nc1ccccc1O. The number of phenolic OH excluding ortho intramolecular Hbond substituents is 1. The molecule has 0 fully saturated rings. The average Bonchev–Trinajstić information content (AvgIpc) is 2.30. The summed E-state index contributed by atoms with van der Waals surface area (Å²) in [6.45, 7) is 3.05. The number of halogens is 1. The largest absolute Gasteiger partial charge is 0.506 e. The van der Waals surface area contributed by atoms with Crippen molar-refractivity contribution in [1.82, 2.24) is 0 Å². The van der Waals surface area contributed by atoms with Crippen molar-refractivity contribution in [1.29, 1.82) is 0 Å². The van der Waals surface area contributed by atoms with Gasteiger partial charge in [0.1, 0.15) is 11.6 Å². The van der Waals surface area contributed by atoms with Crippen LogP contribution in [0.1, 0.15) is 11.1 Å². The van der Waals surface area contributed by atoms with Gasteiger partial charge in [0.15, 0.2) is 0 Å². The number of para-hydroxylation sites is 2. The Labute approximate surface area is 116 Å². The highest BCUT2D eigenvalue weighted by Gasteiger charge is 2.21. The van der Waals surface area contributed by atoms with Gasteiger partial charge in [-0.15, -0.1) is 0 Å². The maximum Gasteiger partial charge on any atom is 0.262 e. The molecule has 106 valence electrons. The number of aryl methyl sites for hydroxylation is 2. The van der Waals surface area contributed by atoms with Gasteiger partial charge in [0, 0.05) is 0 Å². The van der Waals surface area contributed by atoms with E-state index in [0.717, 1.165) is 12.1 Å². The van der Waals surface area contributed by atoms with Crippen molar-refractivity contribution in [2.24, 2.45) is 0 Å². The zero-order valence-corrected chi connectivity index (χ0v) is 11.8. The van der Waals surface area contributed by atoms with Gasteiger partial charge in [-0.3, -0.25) is 4.72 Å². The monoisotopic (exact) mass is 295 g/mol. The fourth-order valence-corrected chi connectivity index (χ4v) is 3.61. The second kappa shape index (κ2) is 5.13. The van der Waals surface area contributed by atoms with Crippen molar-refractivity contribution in [3.8, 4) is 5.75 Å². The Morgan fingerprint density at radius 2 is 1.65 bits per heavy atom. The number of phenols is 1. The van der Waals surface area contributed by atoms with Crippen molar-refractivity contribution in [3.63, 3.8) is 0 Å². The van der Waals surface area contributed by atoms with Crippen molar-refractivity contribution in [2.45, 2.75) is 18.7 Å². The van der Waals surface area contributed by atoms with Crippen LogP contribution >= 0.6 is 0 Å². The lowest BCUT2D eigenvalue weighted by Gasteiger charge is -2.13. The van der Waals surface area contributed by atoms with Gasteiger partial charge in [0.2, 0.25) is 0 Å². The molecule has 0 bridgehead atoms. The van der Waals surface area contributed by atoms with Crippen molar-refractivity contribution in [3.05, 3.63) is 53.3 Å². The zero-order valence-electron chi connectivity index (χ0n) is 11.0. The van der Waals surface area contributed by atoms with Crippen LogP contribution in [0.4, 0.5) is 10.1 Å². The summed E-state index contributed by atoms with van der Waals surface area (Å²) in [6, 6.07) is 8.33. The van der Waals surface area contributed by atoms with Crippen LogP contribution in [0.25, 0.3) is 0 Å². The lowest BCUT2D eigenvalue weighted by molar-refractivity contribution is 0.477. The van der Waals surface area contributed by atoms with Gasteiger partial charge in [-0.25, -0.2) is 12.8 Å². The number of anilines is 1. The molecule has 0 aromatic heterocycles. The molecule has 0 aliphatic carbocycles. The van der Waals surface area contributed by atoms with Gasteiger partial charge in [-0.1, -0.05) is 12.1 Å². The molecule has 0 unspecified atom stereocenters. The van der Waals surface area contributed by atoms with Crippen molar-refractivity contribution < 1.29 is 17.9 Å². The lowest BCUT2D eigenvalue weighted by Crippen LogP contribution is -2.16. The van der Waals surface area contributed by atoms with Crippen LogP contribution in [-0.2, 0) is 10.0 Å². The molecule has 20 heavy (non-hydrogen) atoms. The van der Waals surface area contributed by atoms with Crippen LogP contribution in [0.2, 0.25) is 0 Å². The first-order valence-electron chi connectivity index (χ1n) is 5.89. The predicted octanol–water partition coefficient (Wildman–Crippen LogP) is 2.95. The first-order chi connectivity index (χ1) is 9.31. The van der Waals surface area contributed by atoms with Crippen LogP contribution < -0.4 is 4.72 Å². The second-order valence-corrected chi connectivity index (χ2v) is 6.11. The van der Waals surface area contributed by atoms with Gasteiger partial charge < -0.3 is 5.11 Å². The molecule has 0 heterocycles. The normalized spacial score (nSPS) is 11.3. The van der Waals surface area contributed by atoms with E-state index in [-0.39, 0.29) is 16.3 Å². The minimum atomic E-state index is -3.89. The number of sulfonamides is 1. The molecule has 0 saturated carbocycles. The molecule has 0 radical (unpaired) electrons. The van der Waals surface area contributed by atoms with Crippen LogP contribution in [0.15, 0.2) is 41.3 Å². The van der Waals surface area contributed by atoms with E-state index in [1.165, 1.54) is 26.0 Å². The first kappa shape index (κ1) is 14.3. The number of hydrogen-bond donors (Lipinski definition) is 2. The molecule has 6 heteroatoms. The third-order valence-electron chi connectivity index (χ3n) is 2.84. The van der Waals surface area contributed by atoms with Gasteiger partial charge in [0.25, 0.3) is 10.0 Å². The van der Waals surface area contributed by atoms with Crippen LogP contribution in [0, 0.1) is 19.7 Å². The molecule has 2 aromatic carbocycles. The summed E-state index contributed by atoms with van der Waals surface area (Å²) in [5, 5.41) is 9.62. The van der Waals surface area contributed by atoms with E-state index in [9.17, 15) is 17.9 Å². The number of aromatic hydroxyl groups is 1. The number of rotatable bonds is 3. The van der Waals surface area contributed by atoms with Gasteiger partial charge in [0.05, 0.1) is 10.6 Å². The summed E-state index contributed by atoms with van der Waals surface area (Å²) in [5.74, 6) is -0.657. The summed E-state index contributed by atoms with van der Waals surface area (Å²) < 4.78 is 40.3. The molecule has 2 N–H and O–H groups in total. The third-order valence-corrected chi connectivity index (χ3v) is 4.51. The summed E-state index contributed by atoms with van der Waals surface area (Å²) in [4.78, 5) is 0.0159. The van der Waals surface area contributed by atoms with E-state index in [1.54, 1.807) is 12.1 Å². The minimum Gasteiger partial charge on any atom is -0.506 e. The van der Waals surface area contributed by atoms with E-state index in [1.807, 2.05) is 0 Å². The Bertz CT molecular complexity index is 734. The number of hydrogen-bond acceptors (Lipinski definition) is 3. The third kappa shape index (κ3) is 2.75. The molecule has 0 aliphatic heterocycles. The molecular formula is C14H14FNO3S. The topological polar surface area (TPSA) is 66.4 Å². The van der Waals surface area contributed by atoms with Crippen molar-refractivity contribution >= 4 is 15.7 Å². The average molecular weight is 295 g/mol. The Balaban J connectivity index is 2.50. The molecule has 0 saturated heterocycles. The van der Waals surface area contributed by atoms with Gasteiger partial charge >= 0.3 is 0 Å². The molecule has 0 amide bonds. The number of benzene rings is 2. The molecular weight excluding hydrogens is 281 g/mol. The highest BCUT2D eigenvalue weighted by Crippen LogP contribution is 2.28. The van der Waals surface area contributed by atoms with E-state index >= 15 is 0 Å². The Hall–Kier alpha value is -2.08. The molecule has 0 aliphatic rings. The quantitative estimate of drug-likeness (QED) is 0.856. The van der Waals surface area contributed by atoms with Crippen LogP contribution in [0.3, 0.4) is 0 Å². The van der Waals surface area contributed by atoms with Crippen LogP contribution in [-0.4, -0.2) is 13.5 Å². The van der Waals surface area contributed by atoms with E-state index in [0.29, 0.717) is 11.1 Å². The van der Waals surface area contributed by atoms with E-state index in [4.69, 9.17) is 0 Å². The highest BCUT2D eigenvalue weighted by atomic mass is 32.2. The van der Waals surface area contributed by atoms with Crippen LogP contribution in [0.5, 0.6) is 5.75 Å². The number of nitrogens with one attached hydrogen (secondary N) is 1. The molecule has 0 spiro atoms. The second-order valence-electron chi connectivity index (χ2n) is 4.49. The summed E-state index contributed by atoms with van der Waals surface area (Å²) in [5.41, 5.74) is 0.700. The maximum absolute atomic E-state index is 13.2. The summed E-state index contributed by atoms with van der Waals surface area (Å²) in [7, 11) is -3.89.